The Bertz CT molecular complexity index is 564. The minimum atomic E-state index is 0.541. The molecule has 0 bridgehead atoms. The van der Waals surface area contributed by atoms with Crippen LogP contribution in [0.25, 0.3) is 0 Å². The van der Waals surface area contributed by atoms with Gasteiger partial charge in [-0.25, -0.2) is 0 Å². The maximum absolute atomic E-state index is 9.00. The monoisotopic (exact) mass is 302 g/mol. The van der Waals surface area contributed by atoms with Gasteiger partial charge >= 0.3 is 0 Å². The van der Waals surface area contributed by atoms with Crippen molar-refractivity contribution < 1.29 is 4.74 Å². The first-order valence-corrected chi connectivity index (χ1v) is 6.30. The predicted molar refractivity (Wildman–Crippen MR) is 72.3 cm³/mol. The number of hydrogen-bond donors (Lipinski definition) is 0. The van der Waals surface area contributed by atoms with E-state index in [4.69, 9.17) is 10.00 Å². The molecule has 0 amide bonds. The summed E-state index contributed by atoms with van der Waals surface area (Å²) in [7, 11) is 0. The number of halogens is 1. The van der Waals surface area contributed by atoms with Gasteiger partial charge in [-0.2, -0.15) is 5.26 Å². The highest BCUT2D eigenvalue weighted by atomic mass is 79.9. The van der Waals surface area contributed by atoms with E-state index in [1.54, 1.807) is 24.5 Å². The molecule has 2 rings (SSSR count). The van der Waals surface area contributed by atoms with E-state index in [2.05, 4.69) is 27.0 Å². The van der Waals surface area contributed by atoms with Crippen molar-refractivity contribution in [1.29, 1.82) is 5.26 Å². The lowest BCUT2D eigenvalue weighted by molar-refractivity contribution is 0.321. The Hall–Kier alpha value is -1.86. The molecule has 0 fully saturated rings. The molecule has 90 valence electrons. The van der Waals surface area contributed by atoms with Crippen molar-refractivity contribution in [1.82, 2.24) is 4.98 Å². The fourth-order valence-corrected chi connectivity index (χ4v) is 1.90. The van der Waals surface area contributed by atoms with Crippen molar-refractivity contribution in [2.75, 3.05) is 6.61 Å². The van der Waals surface area contributed by atoms with E-state index in [-0.39, 0.29) is 0 Å². The number of ether oxygens (including phenoxy) is 1. The fraction of sp³-hybridized carbons (Fsp3) is 0.143. The molecule has 0 atom stereocenters. The van der Waals surface area contributed by atoms with Gasteiger partial charge in [-0.05, 0) is 35.9 Å². The number of pyridine rings is 1. The van der Waals surface area contributed by atoms with Crippen molar-refractivity contribution in [2.45, 2.75) is 6.42 Å². The van der Waals surface area contributed by atoms with E-state index in [1.807, 2.05) is 18.2 Å². The van der Waals surface area contributed by atoms with Crippen molar-refractivity contribution in [3.05, 3.63) is 58.3 Å². The van der Waals surface area contributed by atoms with Crippen LogP contribution in [-0.2, 0) is 6.42 Å². The summed E-state index contributed by atoms with van der Waals surface area (Å²) in [4.78, 5) is 3.96. The summed E-state index contributed by atoms with van der Waals surface area (Å²) in [5.74, 6) is 0.620. The van der Waals surface area contributed by atoms with Crippen LogP contribution in [0.4, 0.5) is 0 Å². The number of benzene rings is 1. The van der Waals surface area contributed by atoms with Gasteiger partial charge in [0.25, 0.3) is 0 Å². The van der Waals surface area contributed by atoms with Crippen LogP contribution >= 0.6 is 15.9 Å². The summed E-state index contributed by atoms with van der Waals surface area (Å²) in [6.07, 6.45) is 4.31. The highest BCUT2D eigenvalue weighted by Gasteiger charge is 2.03. The third-order valence-electron chi connectivity index (χ3n) is 2.46. The molecule has 4 heteroatoms. The molecule has 0 radical (unpaired) electrons. The summed E-state index contributed by atoms with van der Waals surface area (Å²) in [6, 6.07) is 11.4. The molecular weight excluding hydrogens is 292 g/mol. The summed E-state index contributed by atoms with van der Waals surface area (Å²) in [5.41, 5.74) is 1.71. The van der Waals surface area contributed by atoms with Crippen LogP contribution in [0, 0.1) is 11.3 Å². The van der Waals surface area contributed by atoms with Gasteiger partial charge in [0.05, 0.1) is 12.2 Å². The minimum Gasteiger partial charge on any atom is -0.492 e. The van der Waals surface area contributed by atoms with Gasteiger partial charge in [-0.1, -0.05) is 15.9 Å². The van der Waals surface area contributed by atoms with Crippen molar-refractivity contribution in [3.63, 3.8) is 0 Å². The van der Waals surface area contributed by atoms with Crippen LogP contribution < -0.4 is 4.74 Å². The molecule has 1 aromatic carbocycles. The highest BCUT2D eigenvalue weighted by Crippen LogP contribution is 2.22. The zero-order chi connectivity index (χ0) is 12.8. The van der Waals surface area contributed by atoms with Gasteiger partial charge in [0, 0.05) is 23.3 Å². The molecule has 0 saturated carbocycles. The van der Waals surface area contributed by atoms with Gasteiger partial charge < -0.3 is 4.74 Å². The zero-order valence-electron chi connectivity index (χ0n) is 9.64. The predicted octanol–water partition coefficient (Wildman–Crippen LogP) is 3.34. The molecule has 0 N–H and O–H groups in total. The molecular formula is C14H11BrN2O. The van der Waals surface area contributed by atoms with Crippen molar-refractivity contribution in [3.8, 4) is 11.8 Å². The molecule has 0 aliphatic rings. The van der Waals surface area contributed by atoms with E-state index in [9.17, 15) is 0 Å². The van der Waals surface area contributed by atoms with E-state index in [0.29, 0.717) is 17.9 Å². The molecule has 0 unspecified atom stereocenters. The third-order valence-corrected chi connectivity index (χ3v) is 2.95. The van der Waals surface area contributed by atoms with E-state index < -0.39 is 0 Å². The lowest BCUT2D eigenvalue weighted by Crippen LogP contribution is -2.02. The normalized spacial score (nSPS) is 9.78. The topological polar surface area (TPSA) is 45.9 Å². The smallest absolute Gasteiger partial charge is 0.137 e. The second-order valence-electron chi connectivity index (χ2n) is 3.71. The molecule has 1 aromatic heterocycles. The number of nitrogens with zero attached hydrogens (tertiary/aromatic N) is 2. The first-order valence-electron chi connectivity index (χ1n) is 5.51. The van der Waals surface area contributed by atoms with Gasteiger partial charge in [0.1, 0.15) is 11.8 Å². The van der Waals surface area contributed by atoms with Crippen LogP contribution in [0.5, 0.6) is 5.75 Å². The molecule has 0 saturated heterocycles. The Morgan fingerprint density at radius 1 is 1.22 bits per heavy atom. The molecule has 0 spiro atoms. The fourth-order valence-electron chi connectivity index (χ4n) is 1.54. The molecule has 3 nitrogen and oxygen atoms in total. The first kappa shape index (κ1) is 12.6. The van der Waals surface area contributed by atoms with Crippen LogP contribution in [0.1, 0.15) is 11.1 Å². The molecule has 1 heterocycles. The van der Waals surface area contributed by atoms with Gasteiger partial charge in [0.15, 0.2) is 0 Å². The Labute approximate surface area is 114 Å². The largest absolute Gasteiger partial charge is 0.492 e. The van der Waals surface area contributed by atoms with Crippen LogP contribution in [0.3, 0.4) is 0 Å². The van der Waals surface area contributed by atoms with Crippen LogP contribution in [-0.4, -0.2) is 11.6 Å². The standard InChI is InChI=1S/C14H11BrN2O/c15-13-1-2-14(12(9-13)10-16)18-8-5-11-3-6-17-7-4-11/h1-4,6-7,9H,5,8H2. The summed E-state index contributed by atoms with van der Waals surface area (Å²) < 4.78 is 6.50. The van der Waals surface area contributed by atoms with E-state index in [1.165, 1.54) is 5.56 Å². The lowest BCUT2D eigenvalue weighted by Gasteiger charge is -2.08. The SMILES string of the molecule is N#Cc1cc(Br)ccc1OCCc1ccncc1. The average Bonchev–Trinajstić information content (AvgIpc) is 2.41. The van der Waals surface area contributed by atoms with Crippen LogP contribution in [0.15, 0.2) is 47.2 Å². The average molecular weight is 303 g/mol. The molecule has 18 heavy (non-hydrogen) atoms. The Kier molecular flexibility index (Phi) is 4.32. The Balaban J connectivity index is 1.97. The third kappa shape index (κ3) is 3.31. The maximum atomic E-state index is 9.00. The second kappa shape index (κ2) is 6.18. The number of nitriles is 1. The number of aromatic nitrogens is 1. The molecule has 0 aliphatic carbocycles. The van der Waals surface area contributed by atoms with E-state index in [0.717, 1.165) is 10.9 Å². The second-order valence-corrected chi connectivity index (χ2v) is 4.62. The summed E-state index contributed by atoms with van der Waals surface area (Å²) in [6.45, 7) is 0.542. The van der Waals surface area contributed by atoms with Crippen molar-refractivity contribution >= 4 is 15.9 Å². The lowest BCUT2D eigenvalue weighted by atomic mass is 10.2. The van der Waals surface area contributed by atoms with E-state index >= 15 is 0 Å². The van der Waals surface area contributed by atoms with Gasteiger partial charge in [-0.3, -0.25) is 4.98 Å². The first-order chi connectivity index (χ1) is 8.79. The maximum Gasteiger partial charge on any atom is 0.137 e. The van der Waals surface area contributed by atoms with Gasteiger partial charge in [-0.15, -0.1) is 0 Å². The summed E-state index contributed by atoms with van der Waals surface area (Å²) >= 11 is 3.33. The molecule has 2 aromatic rings. The van der Waals surface area contributed by atoms with Crippen LogP contribution in [0.2, 0.25) is 0 Å². The Morgan fingerprint density at radius 3 is 2.72 bits per heavy atom. The zero-order valence-corrected chi connectivity index (χ0v) is 11.2. The summed E-state index contributed by atoms with van der Waals surface area (Å²) in [5, 5.41) is 9.00. The highest BCUT2D eigenvalue weighted by molar-refractivity contribution is 9.10. The van der Waals surface area contributed by atoms with Gasteiger partial charge in [0.2, 0.25) is 0 Å². The molecule has 0 aliphatic heterocycles. The number of rotatable bonds is 4. The minimum absolute atomic E-state index is 0.541. The van der Waals surface area contributed by atoms with Crippen molar-refractivity contribution in [2.24, 2.45) is 0 Å². The Morgan fingerprint density at radius 2 is 2.00 bits per heavy atom. The number of hydrogen-bond acceptors (Lipinski definition) is 3. The quantitative estimate of drug-likeness (QED) is 0.870.